The molecule has 2 rings (SSSR count). The highest BCUT2D eigenvalue weighted by molar-refractivity contribution is 14.1. The quantitative estimate of drug-likeness (QED) is 0.586. The number of nitrogen functional groups attached to an aromatic ring is 1. The highest BCUT2D eigenvalue weighted by Crippen LogP contribution is 2.24. The van der Waals surface area contributed by atoms with Gasteiger partial charge in [-0.2, -0.15) is 0 Å². The van der Waals surface area contributed by atoms with Crippen molar-refractivity contribution in [3.05, 3.63) is 51.6 Å². The van der Waals surface area contributed by atoms with Crippen molar-refractivity contribution in [1.82, 2.24) is 0 Å². The van der Waals surface area contributed by atoms with E-state index in [0.717, 1.165) is 14.9 Å². The van der Waals surface area contributed by atoms with Gasteiger partial charge in [0.2, 0.25) is 5.91 Å². The fraction of sp³-hybridized carbons (Fsp3) is 0. The van der Waals surface area contributed by atoms with Gasteiger partial charge in [0.05, 0.1) is 11.4 Å². The van der Waals surface area contributed by atoms with E-state index in [0.29, 0.717) is 11.3 Å². The first-order valence-corrected chi connectivity index (χ1v) is 6.36. The van der Waals surface area contributed by atoms with Crippen LogP contribution in [0, 0.1) is 3.57 Å². The lowest BCUT2D eigenvalue weighted by Crippen LogP contribution is -2.11. The van der Waals surface area contributed by atoms with Crippen LogP contribution in [0.4, 0.5) is 17.1 Å². The molecule has 0 unspecified atom stereocenters. The van der Waals surface area contributed by atoms with Gasteiger partial charge < -0.3 is 16.8 Å². The molecule has 5 heteroatoms. The maximum absolute atomic E-state index is 11.0. The minimum Gasteiger partial charge on any atom is -0.397 e. The first-order valence-electron chi connectivity index (χ1n) is 5.28. The van der Waals surface area contributed by atoms with Gasteiger partial charge in [-0.1, -0.05) is 6.07 Å². The number of carbonyl (C=O) groups excluding carboxylic acids is 1. The molecule has 0 saturated carbocycles. The summed E-state index contributed by atoms with van der Waals surface area (Å²) in [6.45, 7) is 0. The van der Waals surface area contributed by atoms with Crippen LogP contribution in [0.25, 0.3) is 0 Å². The van der Waals surface area contributed by atoms with Crippen LogP contribution < -0.4 is 16.8 Å². The topological polar surface area (TPSA) is 81.1 Å². The van der Waals surface area contributed by atoms with E-state index in [4.69, 9.17) is 11.5 Å². The third-order valence-corrected chi connectivity index (χ3v) is 3.11. The number of nitrogens with one attached hydrogen (secondary N) is 1. The van der Waals surface area contributed by atoms with E-state index >= 15 is 0 Å². The number of rotatable bonds is 3. The van der Waals surface area contributed by atoms with E-state index in [2.05, 4.69) is 27.9 Å². The average molecular weight is 353 g/mol. The molecular formula is C13H12IN3O. The van der Waals surface area contributed by atoms with Crippen molar-refractivity contribution in [3.8, 4) is 0 Å². The van der Waals surface area contributed by atoms with E-state index in [1.807, 2.05) is 24.3 Å². The first-order chi connectivity index (χ1) is 8.56. The Hall–Kier alpha value is -1.76. The molecular weight excluding hydrogens is 341 g/mol. The average Bonchev–Trinajstić information content (AvgIpc) is 2.31. The molecule has 2 aromatic rings. The number of amides is 1. The molecule has 0 fully saturated rings. The lowest BCUT2D eigenvalue weighted by atomic mass is 10.1. The molecule has 0 aliphatic carbocycles. The zero-order valence-corrected chi connectivity index (χ0v) is 11.6. The zero-order chi connectivity index (χ0) is 13.1. The molecule has 0 atom stereocenters. The molecule has 92 valence electrons. The summed E-state index contributed by atoms with van der Waals surface area (Å²) >= 11 is 2.24. The number of anilines is 3. The predicted molar refractivity (Wildman–Crippen MR) is 81.8 cm³/mol. The third kappa shape index (κ3) is 2.92. The van der Waals surface area contributed by atoms with E-state index in [-0.39, 0.29) is 0 Å². The van der Waals surface area contributed by atoms with Crippen LogP contribution in [-0.2, 0) is 0 Å². The Bertz CT molecular complexity index is 599. The van der Waals surface area contributed by atoms with Crippen molar-refractivity contribution in [2.75, 3.05) is 11.1 Å². The number of benzene rings is 2. The lowest BCUT2D eigenvalue weighted by Gasteiger charge is -2.10. The highest BCUT2D eigenvalue weighted by Gasteiger charge is 2.05. The van der Waals surface area contributed by atoms with Crippen molar-refractivity contribution < 1.29 is 4.79 Å². The molecule has 0 aliphatic rings. The van der Waals surface area contributed by atoms with Gasteiger partial charge in [0.25, 0.3) is 0 Å². The second-order valence-electron chi connectivity index (χ2n) is 3.80. The van der Waals surface area contributed by atoms with Crippen LogP contribution in [0.15, 0.2) is 42.5 Å². The highest BCUT2D eigenvalue weighted by atomic mass is 127. The molecule has 5 N–H and O–H groups in total. The Kier molecular flexibility index (Phi) is 3.71. The summed E-state index contributed by atoms with van der Waals surface area (Å²) in [6, 6.07) is 12.9. The van der Waals surface area contributed by atoms with Crippen molar-refractivity contribution >= 4 is 45.6 Å². The number of primary amides is 1. The zero-order valence-electron chi connectivity index (χ0n) is 9.48. The smallest absolute Gasteiger partial charge is 0.248 e. The van der Waals surface area contributed by atoms with Gasteiger partial charge in [0.1, 0.15) is 0 Å². The van der Waals surface area contributed by atoms with Crippen molar-refractivity contribution in [2.24, 2.45) is 5.73 Å². The van der Waals surface area contributed by atoms with Crippen molar-refractivity contribution in [2.45, 2.75) is 0 Å². The van der Waals surface area contributed by atoms with Crippen LogP contribution in [0.3, 0.4) is 0 Å². The summed E-state index contributed by atoms with van der Waals surface area (Å²) in [5.41, 5.74) is 13.7. The fourth-order valence-corrected chi connectivity index (χ4v) is 2.09. The maximum Gasteiger partial charge on any atom is 0.248 e. The van der Waals surface area contributed by atoms with E-state index in [1.165, 1.54) is 0 Å². The van der Waals surface area contributed by atoms with Crippen LogP contribution in [-0.4, -0.2) is 5.91 Å². The number of hydrogen-bond acceptors (Lipinski definition) is 3. The Morgan fingerprint density at radius 3 is 2.56 bits per heavy atom. The largest absolute Gasteiger partial charge is 0.397 e. The molecule has 18 heavy (non-hydrogen) atoms. The maximum atomic E-state index is 11.0. The molecule has 1 amide bonds. The van der Waals surface area contributed by atoms with Crippen LogP contribution in [0.1, 0.15) is 10.4 Å². The SMILES string of the molecule is NC(=O)c1ccc(Nc2cccc(I)c2)c(N)c1. The molecule has 0 spiro atoms. The Balaban J connectivity index is 2.27. The van der Waals surface area contributed by atoms with Gasteiger partial charge >= 0.3 is 0 Å². The van der Waals surface area contributed by atoms with Crippen molar-refractivity contribution in [3.63, 3.8) is 0 Å². The molecule has 2 aromatic carbocycles. The van der Waals surface area contributed by atoms with Crippen LogP contribution >= 0.6 is 22.6 Å². The first kappa shape index (κ1) is 12.7. The minimum atomic E-state index is -0.484. The molecule has 0 aliphatic heterocycles. The summed E-state index contributed by atoms with van der Waals surface area (Å²) in [5.74, 6) is -0.484. The van der Waals surface area contributed by atoms with Gasteiger partial charge in [0, 0.05) is 14.8 Å². The molecule has 4 nitrogen and oxygen atoms in total. The van der Waals surface area contributed by atoms with Gasteiger partial charge in [-0.25, -0.2) is 0 Å². The number of hydrogen-bond donors (Lipinski definition) is 3. The number of carbonyl (C=O) groups is 1. The van der Waals surface area contributed by atoms with Gasteiger partial charge in [-0.15, -0.1) is 0 Å². The summed E-state index contributed by atoms with van der Waals surface area (Å²) < 4.78 is 1.13. The van der Waals surface area contributed by atoms with E-state index in [9.17, 15) is 4.79 Å². The Morgan fingerprint density at radius 1 is 1.17 bits per heavy atom. The lowest BCUT2D eigenvalue weighted by molar-refractivity contribution is 0.100. The van der Waals surface area contributed by atoms with Gasteiger partial charge in [-0.05, 0) is 59.0 Å². The third-order valence-electron chi connectivity index (χ3n) is 2.44. The van der Waals surface area contributed by atoms with Gasteiger partial charge in [0.15, 0.2) is 0 Å². The molecule has 0 heterocycles. The number of nitrogens with two attached hydrogens (primary N) is 2. The summed E-state index contributed by atoms with van der Waals surface area (Å²) in [6.07, 6.45) is 0. The molecule has 0 radical (unpaired) electrons. The second-order valence-corrected chi connectivity index (χ2v) is 5.05. The fourth-order valence-electron chi connectivity index (χ4n) is 1.55. The van der Waals surface area contributed by atoms with Crippen LogP contribution in [0.2, 0.25) is 0 Å². The Morgan fingerprint density at radius 2 is 1.94 bits per heavy atom. The standard InChI is InChI=1S/C13H12IN3O/c14-9-2-1-3-10(7-9)17-12-5-4-8(13(16)18)6-11(12)15/h1-7,17H,15H2,(H2,16,18). The minimum absolute atomic E-state index is 0.403. The normalized spacial score (nSPS) is 10.1. The monoisotopic (exact) mass is 353 g/mol. The molecule has 0 saturated heterocycles. The van der Waals surface area contributed by atoms with E-state index < -0.39 is 5.91 Å². The predicted octanol–water partition coefficient (Wildman–Crippen LogP) is 2.72. The Labute approximate surface area is 119 Å². The van der Waals surface area contributed by atoms with E-state index in [1.54, 1.807) is 18.2 Å². The summed E-state index contributed by atoms with van der Waals surface area (Å²) in [5, 5.41) is 3.20. The van der Waals surface area contributed by atoms with Crippen molar-refractivity contribution in [1.29, 1.82) is 0 Å². The number of halogens is 1. The second kappa shape index (κ2) is 5.26. The molecule has 0 bridgehead atoms. The van der Waals surface area contributed by atoms with Crippen LogP contribution in [0.5, 0.6) is 0 Å². The summed E-state index contributed by atoms with van der Waals surface area (Å²) in [7, 11) is 0. The van der Waals surface area contributed by atoms with Gasteiger partial charge in [-0.3, -0.25) is 4.79 Å². The summed E-state index contributed by atoms with van der Waals surface area (Å²) in [4.78, 5) is 11.0. The molecule has 0 aromatic heterocycles.